The average Bonchev–Trinajstić information content (AvgIpc) is 3.40. The first kappa shape index (κ1) is 32.6. The summed E-state index contributed by atoms with van der Waals surface area (Å²) in [7, 11) is 1.54. The summed E-state index contributed by atoms with van der Waals surface area (Å²) in [5.74, 6) is -1.94. The highest BCUT2D eigenvalue weighted by Gasteiger charge is 2.30. The first-order valence-electron chi connectivity index (χ1n) is 13.2. The van der Waals surface area contributed by atoms with Crippen LogP contribution in [0.15, 0.2) is 75.9 Å². The van der Waals surface area contributed by atoms with Crippen molar-refractivity contribution in [1.82, 2.24) is 9.55 Å². The molecule has 0 aliphatic rings. The van der Waals surface area contributed by atoms with Crippen LogP contribution in [0.4, 0.5) is 13.2 Å². The van der Waals surface area contributed by atoms with E-state index in [1.807, 2.05) is 30.5 Å². The van der Waals surface area contributed by atoms with E-state index in [2.05, 4.69) is 15.0 Å². The van der Waals surface area contributed by atoms with E-state index in [4.69, 9.17) is 38.3 Å². The lowest BCUT2D eigenvalue weighted by atomic mass is 9.81. The second-order valence-electron chi connectivity index (χ2n) is 9.99. The summed E-state index contributed by atoms with van der Waals surface area (Å²) < 4.78 is 56.6. The van der Waals surface area contributed by atoms with Gasteiger partial charge in [-0.15, -0.1) is 0 Å². The van der Waals surface area contributed by atoms with Crippen molar-refractivity contribution >= 4 is 35.3 Å². The Hall–Kier alpha value is -4.36. The van der Waals surface area contributed by atoms with Crippen LogP contribution in [0, 0.1) is 17.5 Å². The topological polar surface area (TPSA) is 139 Å². The van der Waals surface area contributed by atoms with Gasteiger partial charge in [0.15, 0.2) is 11.1 Å². The van der Waals surface area contributed by atoms with Gasteiger partial charge < -0.3 is 26.7 Å². The van der Waals surface area contributed by atoms with Gasteiger partial charge in [-0.3, -0.25) is 4.57 Å². The predicted molar refractivity (Wildman–Crippen MR) is 167 cm³/mol. The van der Waals surface area contributed by atoms with Crippen LogP contribution in [0.3, 0.4) is 0 Å². The molecule has 0 bridgehead atoms. The summed E-state index contributed by atoms with van der Waals surface area (Å²) in [6.45, 7) is 4.05. The number of aromatic nitrogens is 2. The minimum Gasteiger partial charge on any atom is -0.495 e. The average molecular weight is 646 g/mol. The zero-order valence-corrected chi connectivity index (χ0v) is 25.7. The van der Waals surface area contributed by atoms with Crippen LogP contribution in [0.5, 0.6) is 11.5 Å². The number of hydrogen-bond acceptors (Lipinski definition) is 5. The lowest BCUT2D eigenvalue weighted by molar-refractivity contribution is 0.324. The van der Waals surface area contributed by atoms with Gasteiger partial charge in [-0.05, 0) is 42.0 Å². The van der Waals surface area contributed by atoms with Gasteiger partial charge >= 0.3 is 0 Å². The van der Waals surface area contributed by atoms with Gasteiger partial charge in [-0.25, -0.2) is 23.1 Å². The molecule has 4 aromatic rings. The molecule has 0 saturated heterocycles. The van der Waals surface area contributed by atoms with Gasteiger partial charge in [0.25, 0.3) is 0 Å². The molecule has 0 spiro atoms. The van der Waals surface area contributed by atoms with Crippen molar-refractivity contribution < 1.29 is 22.6 Å². The number of methoxy groups -OCH3 is 1. The summed E-state index contributed by atoms with van der Waals surface area (Å²) in [4.78, 5) is 12.0. The van der Waals surface area contributed by atoms with E-state index in [1.54, 1.807) is 24.4 Å². The zero-order chi connectivity index (χ0) is 32.0. The molecule has 14 heteroatoms. The summed E-state index contributed by atoms with van der Waals surface area (Å²) >= 11 is 7.39. The summed E-state index contributed by atoms with van der Waals surface area (Å²) in [6.07, 6.45) is 1.69. The zero-order valence-electron chi connectivity index (χ0n) is 24.2. The molecular weight excluding hydrogens is 615 g/mol. The Balaban J connectivity index is 1.60. The van der Waals surface area contributed by atoms with E-state index in [9.17, 15) is 4.39 Å². The molecule has 6 N–H and O–H groups in total. The lowest BCUT2D eigenvalue weighted by Gasteiger charge is -2.28. The third-order valence-corrected chi connectivity index (χ3v) is 7.96. The second-order valence-corrected chi connectivity index (χ2v) is 11.3. The first-order valence-corrected chi connectivity index (χ1v) is 14.6. The molecule has 0 saturated carbocycles. The minimum absolute atomic E-state index is 0.0131. The van der Waals surface area contributed by atoms with Crippen LogP contribution in [0.2, 0.25) is 5.02 Å². The van der Waals surface area contributed by atoms with Crippen molar-refractivity contribution in [3.63, 3.8) is 0 Å². The molecule has 0 amide bonds. The normalized spacial score (nSPS) is 11.8. The molecule has 44 heavy (non-hydrogen) atoms. The Morgan fingerprint density at radius 3 is 2.34 bits per heavy atom. The highest BCUT2D eigenvalue weighted by Crippen LogP contribution is 2.39. The van der Waals surface area contributed by atoms with Crippen molar-refractivity contribution in [2.24, 2.45) is 27.2 Å². The Bertz CT molecular complexity index is 1670. The van der Waals surface area contributed by atoms with Crippen molar-refractivity contribution in [2.45, 2.75) is 30.2 Å². The Kier molecular flexibility index (Phi) is 10.3. The number of rotatable bonds is 11. The molecule has 0 atom stereocenters. The Morgan fingerprint density at radius 1 is 1.02 bits per heavy atom. The number of nitrogens with zero attached hydrogens (tertiary/aromatic N) is 4. The van der Waals surface area contributed by atoms with Gasteiger partial charge in [0.05, 0.1) is 30.6 Å². The fraction of sp³-hybridized carbons (Fsp3) is 0.233. The van der Waals surface area contributed by atoms with Gasteiger partial charge in [-0.1, -0.05) is 43.3 Å². The van der Waals surface area contributed by atoms with E-state index in [0.29, 0.717) is 21.6 Å². The highest BCUT2D eigenvalue weighted by atomic mass is 35.5. The standard InChI is InChI=1S/C30H31ClF3N7O2S/c1-30(2,17-4-9-22(31)25(12-17)42-3)26-15-39-29(41(26)19-7-5-18(32)6-8-19)44-16-21-23(33)13-20(14-24(21)34)43-11-10-38-28(37)40-27(35)36/h4-9,12-15H,10-11,16H2,1-3H3,(H6,35,36,37,38,40). The number of ether oxygens (including phenoxy) is 2. The maximum Gasteiger partial charge on any atom is 0.218 e. The summed E-state index contributed by atoms with van der Waals surface area (Å²) in [6, 6.07) is 13.6. The maximum atomic E-state index is 15.1. The van der Waals surface area contributed by atoms with Crippen molar-refractivity contribution in [3.8, 4) is 17.2 Å². The van der Waals surface area contributed by atoms with Gasteiger partial charge in [0, 0.05) is 34.6 Å². The molecule has 232 valence electrons. The van der Waals surface area contributed by atoms with Gasteiger partial charge in [0.1, 0.15) is 35.6 Å². The molecule has 1 heterocycles. The molecule has 0 aliphatic heterocycles. The number of hydrogen-bond donors (Lipinski definition) is 3. The SMILES string of the molecule is COc1cc(C(C)(C)c2cnc(SCc3c(F)cc(OCCN=C(N)N=C(N)N)cc3F)n2-c2ccc(F)cc2)ccc1Cl. The van der Waals surface area contributed by atoms with E-state index < -0.39 is 22.9 Å². The van der Waals surface area contributed by atoms with Crippen molar-refractivity contribution in [2.75, 3.05) is 20.3 Å². The maximum absolute atomic E-state index is 15.1. The van der Waals surface area contributed by atoms with E-state index >= 15 is 8.78 Å². The van der Waals surface area contributed by atoms with Gasteiger partial charge in [0.2, 0.25) is 5.96 Å². The molecule has 3 aromatic carbocycles. The van der Waals surface area contributed by atoms with E-state index in [-0.39, 0.29) is 42.1 Å². The second kappa shape index (κ2) is 14.0. The van der Waals surface area contributed by atoms with Crippen LogP contribution in [-0.4, -0.2) is 41.7 Å². The molecule has 0 aliphatic carbocycles. The van der Waals surface area contributed by atoms with Crippen molar-refractivity contribution in [3.05, 3.63) is 100 Å². The van der Waals surface area contributed by atoms with Crippen LogP contribution >= 0.6 is 23.4 Å². The number of guanidine groups is 2. The van der Waals surface area contributed by atoms with Crippen LogP contribution in [-0.2, 0) is 11.2 Å². The molecule has 0 fully saturated rings. The number of thioether (sulfide) groups is 1. The van der Waals surface area contributed by atoms with Crippen LogP contribution in [0.25, 0.3) is 5.69 Å². The summed E-state index contributed by atoms with van der Waals surface area (Å²) in [5.41, 5.74) is 17.4. The monoisotopic (exact) mass is 645 g/mol. The van der Waals surface area contributed by atoms with E-state index in [1.165, 1.54) is 19.2 Å². The smallest absolute Gasteiger partial charge is 0.218 e. The Morgan fingerprint density at radius 2 is 1.70 bits per heavy atom. The van der Waals surface area contributed by atoms with Crippen molar-refractivity contribution in [1.29, 1.82) is 0 Å². The van der Waals surface area contributed by atoms with Crippen LogP contribution < -0.4 is 26.7 Å². The third kappa shape index (κ3) is 7.58. The van der Waals surface area contributed by atoms with Gasteiger partial charge in [-0.2, -0.15) is 4.99 Å². The fourth-order valence-electron chi connectivity index (χ4n) is 4.34. The molecule has 4 rings (SSSR count). The minimum atomic E-state index is -0.787. The molecule has 9 nitrogen and oxygen atoms in total. The number of benzene rings is 3. The fourth-order valence-corrected chi connectivity index (χ4v) is 5.55. The predicted octanol–water partition coefficient (Wildman–Crippen LogP) is 5.54. The molecule has 0 unspecified atom stereocenters. The number of imidazole rings is 1. The Labute approximate surface area is 261 Å². The number of aliphatic imine (C=N–C) groups is 2. The third-order valence-electron chi connectivity index (χ3n) is 6.67. The largest absolute Gasteiger partial charge is 0.495 e. The number of halogens is 4. The molecule has 1 aromatic heterocycles. The lowest BCUT2D eigenvalue weighted by Crippen LogP contribution is -2.26. The summed E-state index contributed by atoms with van der Waals surface area (Å²) in [5, 5.41) is 0.924. The number of nitrogens with two attached hydrogens (primary N) is 3. The quantitative estimate of drug-likeness (QED) is 0.0843. The molecule has 0 radical (unpaired) electrons. The first-order chi connectivity index (χ1) is 20.9. The molecular formula is C30H31ClF3N7O2S. The van der Waals surface area contributed by atoms with Crippen LogP contribution in [0.1, 0.15) is 30.7 Å². The highest BCUT2D eigenvalue weighted by molar-refractivity contribution is 7.98. The van der Waals surface area contributed by atoms with E-state index in [0.717, 1.165) is 35.2 Å².